The van der Waals surface area contributed by atoms with Crippen LogP contribution in [0.25, 0.3) is 0 Å². The van der Waals surface area contributed by atoms with E-state index in [1.54, 1.807) is 27.7 Å². The summed E-state index contributed by atoms with van der Waals surface area (Å²) in [6, 6.07) is 3.98. The molecule has 0 saturated heterocycles. The number of methoxy groups -OCH3 is 1. The molecule has 23 heavy (non-hydrogen) atoms. The predicted molar refractivity (Wildman–Crippen MR) is 89.1 cm³/mol. The molecule has 0 aliphatic carbocycles. The molecule has 0 spiro atoms. The van der Waals surface area contributed by atoms with Crippen molar-refractivity contribution in [2.45, 2.75) is 44.2 Å². The smallest absolute Gasteiger partial charge is 0.251 e. The van der Waals surface area contributed by atoms with Gasteiger partial charge in [-0.15, -0.1) is 0 Å². The quantitative estimate of drug-likeness (QED) is 0.680. The number of sulfonamides is 1. The van der Waals surface area contributed by atoms with Crippen molar-refractivity contribution in [1.29, 1.82) is 0 Å². The monoisotopic (exact) mass is 343 g/mol. The van der Waals surface area contributed by atoms with Gasteiger partial charge in [0.1, 0.15) is 10.6 Å². The van der Waals surface area contributed by atoms with E-state index < -0.39 is 21.5 Å². The lowest BCUT2D eigenvalue weighted by atomic mass is 10.1. The third-order valence-corrected chi connectivity index (χ3v) is 4.75. The van der Waals surface area contributed by atoms with E-state index in [1.807, 2.05) is 0 Å². The van der Waals surface area contributed by atoms with E-state index in [4.69, 9.17) is 10.5 Å². The average molecular weight is 343 g/mol. The van der Waals surface area contributed by atoms with E-state index in [0.29, 0.717) is 0 Å². The van der Waals surface area contributed by atoms with E-state index in [-0.39, 0.29) is 28.8 Å². The fourth-order valence-electron chi connectivity index (χ4n) is 1.83. The maximum Gasteiger partial charge on any atom is 0.251 e. The van der Waals surface area contributed by atoms with Crippen LogP contribution in [0, 0.1) is 0 Å². The third-order valence-electron chi connectivity index (χ3n) is 3.07. The minimum absolute atomic E-state index is 0.0769. The fraction of sp³-hybridized carbons (Fsp3) is 0.533. The highest BCUT2D eigenvalue weighted by atomic mass is 32.2. The zero-order valence-corrected chi connectivity index (χ0v) is 15.0. The molecule has 1 aromatic carbocycles. The molecule has 0 atom stereocenters. The van der Waals surface area contributed by atoms with Crippen molar-refractivity contribution in [3.8, 4) is 5.75 Å². The lowest BCUT2D eigenvalue weighted by Crippen LogP contribution is -2.48. The van der Waals surface area contributed by atoms with Gasteiger partial charge in [-0.3, -0.25) is 4.79 Å². The van der Waals surface area contributed by atoms with Crippen LogP contribution in [0.4, 0.5) is 0 Å². The number of carbonyl (C=O) groups is 1. The highest BCUT2D eigenvalue weighted by molar-refractivity contribution is 7.89. The van der Waals surface area contributed by atoms with Crippen molar-refractivity contribution < 1.29 is 17.9 Å². The van der Waals surface area contributed by atoms with E-state index in [9.17, 15) is 13.2 Å². The van der Waals surface area contributed by atoms with Crippen LogP contribution in [0.3, 0.4) is 0 Å². The topological polar surface area (TPSA) is 111 Å². The van der Waals surface area contributed by atoms with E-state index >= 15 is 0 Å². The van der Waals surface area contributed by atoms with Gasteiger partial charge in [-0.05, 0) is 45.9 Å². The molecule has 0 aliphatic rings. The van der Waals surface area contributed by atoms with E-state index in [1.165, 1.54) is 25.3 Å². The molecule has 0 saturated carbocycles. The van der Waals surface area contributed by atoms with Crippen LogP contribution >= 0.6 is 0 Å². The standard InChI is InChI=1S/C15H25N3O4S/c1-10(2)18-23(20,21)13-8-11(6-7-12(13)22-5)14(19)17-15(3,4)9-16/h6-8,10,18H,9,16H2,1-5H3,(H,17,19). The summed E-state index contributed by atoms with van der Waals surface area (Å²) in [5.74, 6) is -0.225. The Hall–Kier alpha value is -1.64. The van der Waals surface area contributed by atoms with Gasteiger partial charge >= 0.3 is 0 Å². The largest absolute Gasteiger partial charge is 0.495 e. The van der Waals surface area contributed by atoms with Gasteiger partial charge in [0, 0.05) is 23.7 Å². The molecule has 7 nitrogen and oxygen atoms in total. The Morgan fingerprint density at radius 1 is 1.35 bits per heavy atom. The predicted octanol–water partition coefficient (Wildman–Crippen LogP) is 0.849. The summed E-state index contributed by atoms with van der Waals surface area (Å²) in [6.07, 6.45) is 0. The number of nitrogens with two attached hydrogens (primary N) is 1. The van der Waals surface area contributed by atoms with Crippen LogP contribution in [0.1, 0.15) is 38.1 Å². The number of nitrogens with one attached hydrogen (secondary N) is 2. The molecule has 130 valence electrons. The lowest BCUT2D eigenvalue weighted by molar-refractivity contribution is 0.0915. The molecule has 1 aromatic rings. The number of carbonyl (C=O) groups excluding carboxylic acids is 1. The Balaban J connectivity index is 3.25. The van der Waals surface area contributed by atoms with Crippen LogP contribution in [0.2, 0.25) is 0 Å². The fourth-order valence-corrected chi connectivity index (χ4v) is 3.28. The number of rotatable bonds is 7. The van der Waals surface area contributed by atoms with Crippen LogP contribution < -0.4 is 20.5 Å². The highest BCUT2D eigenvalue weighted by Crippen LogP contribution is 2.25. The summed E-state index contributed by atoms with van der Waals surface area (Å²) in [5, 5.41) is 2.76. The van der Waals surface area contributed by atoms with E-state index in [2.05, 4.69) is 10.0 Å². The summed E-state index contributed by atoms with van der Waals surface area (Å²) >= 11 is 0. The molecule has 0 radical (unpaired) electrons. The summed E-state index contributed by atoms with van der Waals surface area (Å²) in [5.41, 5.74) is 5.22. The van der Waals surface area contributed by atoms with Gasteiger partial charge in [0.05, 0.1) is 7.11 Å². The maximum atomic E-state index is 12.4. The Kier molecular flexibility index (Phi) is 6.15. The van der Waals surface area contributed by atoms with Gasteiger partial charge in [-0.25, -0.2) is 13.1 Å². The number of amides is 1. The number of hydrogen-bond donors (Lipinski definition) is 3. The van der Waals surface area contributed by atoms with Gasteiger partial charge in [0.25, 0.3) is 5.91 Å². The molecule has 8 heteroatoms. The molecular formula is C15H25N3O4S. The molecular weight excluding hydrogens is 318 g/mol. The summed E-state index contributed by atoms with van der Waals surface area (Å²) in [6.45, 7) is 7.25. The molecule has 0 aliphatic heterocycles. The van der Waals surface area contributed by atoms with Crippen molar-refractivity contribution in [2.24, 2.45) is 5.73 Å². The lowest BCUT2D eigenvalue weighted by Gasteiger charge is -2.24. The molecule has 1 amide bonds. The first kappa shape index (κ1) is 19.4. The van der Waals surface area contributed by atoms with Crippen LogP contribution in [0.15, 0.2) is 23.1 Å². The Bertz CT molecular complexity index is 669. The van der Waals surface area contributed by atoms with Crippen molar-refractivity contribution in [2.75, 3.05) is 13.7 Å². The number of hydrogen-bond acceptors (Lipinski definition) is 5. The van der Waals surface area contributed by atoms with E-state index in [0.717, 1.165) is 0 Å². The maximum absolute atomic E-state index is 12.4. The normalized spacial score (nSPS) is 12.3. The molecule has 0 bridgehead atoms. The Morgan fingerprint density at radius 3 is 2.43 bits per heavy atom. The minimum Gasteiger partial charge on any atom is -0.495 e. The molecule has 4 N–H and O–H groups in total. The van der Waals surface area contributed by atoms with Gasteiger partial charge in [-0.2, -0.15) is 0 Å². The molecule has 0 fully saturated rings. The van der Waals surface area contributed by atoms with Gasteiger partial charge in [-0.1, -0.05) is 0 Å². The minimum atomic E-state index is -3.79. The van der Waals surface area contributed by atoms with Gasteiger partial charge in [0.15, 0.2) is 0 Å². The average Bonchev–Trinajstić information content (AvgIpc) is 2.44. The molecule has 0 unspecified atom stereocenters. The Labute approximate surface area is 137 Å². The summed E-state index contributed by atoms with van der Waals surface area (Å²) < 4.78 is 32.4. The second kappa shape index (κ2) is 7.29. The first-order valence-corrected chi connectivity index (χ1v) is 8.73. The van der Waals surface area contributed by atoms with Crippen molar-refractivity contribution in [1.82, 2.24) is 10.0 Å². The van der Waals surface area contributed by atoms with Crippen molar-refractivity contribution in [3.63, 3.8) is 0 Å². The molecule has 1 rings (SSSR count). The van der Waals surface area contributed by atoms with Crippen LogP contribution in [-0.2, 0) is 10.0 Å². The zero-order chi connectivity index (χ0) is 17.8. The highest BCUT2D eigenvalue weighted by Gasteiger charge is 2.24. The van der Waals surface area contributed by atoms with Crippen LogP contribution in [0.5, 0.6) is 5.75 Å². The van der Waals surface area contributed by atoms with Crippen molar-refractivity contribution in [3.05, 3.63) is 23.8 Å². The molecule has 0 aromatic heterocycles. The second-order valence-corrected chi connectivity index (χ2v) is 7.87. The zero-order valence-electron chi connectivity index (χ0n) is 14.1. The van der Waals surface area contributed by atoms with Gasteiger partial charge in [0.2, 0.25) is 10.0 Å². The summed E-state index contributed by atoms with van der Waals surface area (Å²) in [7, 11) is -2.41. The third kappa shape index (κ3) is 5.19. The van der Waals surface area contributed by atoms with Crippen LogP contribution in [-0.4, -0.2) is 39.6 Å². The first-order valence-electron chi connectivity index (χ1n) is 7.25. The van der Waals surface area contributed by atoms with Gasteiger partial charge < -0.3 is 15.8 Å². The van der Waals surface area contributed by atoms with Crippen molar-refractivity contribution >= 4 is 15.9 Å². The Morgan fingerprint density at radius 2 is 1.96 bits per heavy atom. The molecule has 0 heterocycles. The number of benzene rings is 1. The first-order chi connectivity index (χ1) is 10.5. The number of ether oxygens (including phenoxy) is 1. The summed E-state index contributed by atoms with van der Waals surface area (Å²) in [4.78, 5) is 12.2. The second-order valence-electron chi connectivity index (χ2n) is 6.18. The SMILES string of the molecule is COc1ccc(C(=O)NC(C)(C)CN)cc1S(=O)(=O)NC(C)C.